The molecule has 7 nitrogen and oxygen atoms in total. The topological polar surface area (TPSA) is 100.0 Å². The average Bonchev–Trinajstić information content (AvgIpc) is 2.83. The largest absolute Gasteiger partial charge is 0.493 e. The SMILES string of the molecule is COc1cc(C=C2CSC(N)=N2)c([N+](=O)[O-])cc1OC. The summed E-state index contributed by atoms with van der Waals surface area (Å²) < 4.78 is 10.2. The molecule has 2 rings (SSSR count). The zero-order valence-corrected chi connectivity index (χ0v) is 11.8. The third-order valence-electron chi connectivity index (χ3n) is 2.67. The van der Waals surface area contributed by atoms with E-state index in [-0.39, 0.29) is 5.69 Å². The maximum atomic E-state index is 11.1. The van der Waals surface area contributed by atoms with Crippen molar-refractivity contribution >= 4 is 28.7 Å². The summed E-state index contributed by atoms with van der Waals surface area (Å²) in [5, 5.41) is 11.6. The van der Waals surface area contributed by atoms with Crippen LogP contribution in [-0.4, -0.2) is 30.1 Å². The molecule has 0 aliphatic carbocycles. The highest BCUT2D eigenvalue weighted by Crippen LogP contribution is 2.36. The van der Waals surface area contributed by atoms with Crippen molar-refractivity contribution in [1.82, 2.24) is 0 Å². The lowest BCUT2D eigenvalue weighted by Crippen LogP contribution is -2.00. The van der Waals surface area contributed by atoms with E-state index in [9.17, 15) is 10.1 Å². The van der Waals surface area contributed by atoms with Crippen LogP contribution in [0, 0.1) is 10.1 Å². The molecule has 1 aromatic carbocycles. The molecule has 0 aromatic heterocycles. The van der Waals surface area contributed by atoms with Gasteiger partial charge < -0.3 is 15.2 Å². The number of hydrogen-bond donors (Lipinski definition) is 1. The van der Waals surface area contributed by atoms with Gasteiger partial charge in [0.15, 0.2) is 16.7 Å². The minimum atomic E-state index is -0.469. The monoisotopic (exact) mass is 295 g/mol. The zero-order chi connectivity index (χ0) is 14.7. The quantitative estimate of drug-likeness (QED) is 0.673. The van der Waals surface area contributed by atoms with Crippen molar-refractivity contribution in [3.05, 3.63) is 33.5 Å². The summed E-state index contributed by atoms with van der Waals surface area (Å²) in [6, 6.07) is 2.89. The van der Waals surface area contributed by atoms with Crippen LogP contribution in [0.25, 0.3) is 6.08 Å². The van der Waals surface area contributed by atoms with E-state index >= 15 is 0 Å². The minimum absolute atomic E-state index is 0.0687. The molecule has 8 heteroatoms. The average molecular weight is 295 g/mol. The van der Waals surface area contributed by atoms with Gasteiger partial charge in [0.25, 0.3) is 5.69 Å². The van der Waals surface area contributed by atoms with Crippen LogP contribution >= 0.6 is 11.8 Å². The van der Waals surface area contributed by atoms with E-state index in [2.05, 4.69) is 4.99 Å². The van der Waals surface area contributed by atoms with E-state index in [1.807, 2.05) is 0 Å². The normalized spacial score (nSPS) is 16.1. The Bertz CT molecular complexity index is 613. The Labute approximate surface area is 119 Å². The van der Waals surface area contributed by atoms with Crippen LogP contribution in [0.3, 0.4) is 0 Å². The lowest BCUT2D eigenvalue weighted by atomic mass is 10.1. The Morgan fingerprint density at radius 3 is 2.55 bits per heavy atom. The molecule has 0 unspecified atom stereocenters. The molecule has 1 heterocycles. The highest BCUT2D eigenvalue weighted by molar-refractivity contribution is 8.14. The van der Waals surface area contributed by atoms with Crippen LogP contribution in [-0.2, 0) is 0 Å². The van der Waals surface area contributed by atoms with Crippen molar-refractivity contribution in [3.8, 4) is 11.5 Å². The molecule has 0 spiro atoms. The molecule has 20 heavy (non-hydrogen) atoms. The number of ether oxygens (including phenoxy) is 2. The Morgan fingerprint density at radius 1 is 1.40 bits per heavy atom. The Kier molecular flexibility index (Phi) is 4.14. The molecule has 0 fully saturated rings. The van der Waals surface area contributed by atoms with Gasteiger partial charge in [-0.2, -0.15) is 0 Å². The number of benzene rings is 1. The molecule has 0 atom stereocenters. The number of nitrogens with zero attached hydrogens (tertiary/aromatic N) is 2. The Balaban J connectivity index is 2.53. The summed E-state index contributed by atoms with van der Waals surface area (Å²) >= 11 is 1.39. The van der Waals surface area contributed by atoms with Crippen LogP contribution < -0.4 is 15.2 Å². The third-order valence-corrected chi connectivity index (χ3v) is 3.50. The predicted molar refractivity (Wildman–Crippen MR) is 78.3 cm³/mol. The highest BCUT2D eigenvalue weighted by atomic mass is 32.2. The first kappa shape index (κ1) is 14.2. The van der Waals surface area contributed by atoms with Crippen LogP contribution in [0.15, 0.2) is 22.8 Å². The lowest BCUT2D eigenvalue weighted by Gasteiger charge is -2.08. The smallest absolute Gasteiger partial charge is 0.280 e. The number of amidine groups is 1. The molecular weight excluding hydrogens is 282 g/mol. The van der Waals surface area contributed by atoms with Gasteiger partial charge in [0.2, 0.25) is 0 Å². The molecule has 0 amide bonds. The maximum Gasteiger partial charge on any atom is 0.280 e. The van der Waals surface area contributed by atoms with Gasteiger partial charge in [-0.1, -0.05) is 11.8 Å². The second-order valence-corrected chi connectivity index (χ2v) is 4.89. The van der Waals surface area contributed by atoms with Gasteiger partial charge in [-0.3, -0.25) is 10.1 Å². The summed E-state index contributed by atoms with van der Waals surface area (Å²) in [7, 11) is 2.90. The fourth-order valence-corrected chi connectivity index (χ4v) is 2.39. The van der Waals surface area contributed by atoms with Crippen molar-refractivity contribution in [2.45, 2.75) is 0 Å². The van der Waals surface area contributed by atoms with Crippen molar-refractivity contribution in [2.75, 3.05) is 20.0 Å². The summed E-state index contributed by atoms with van der Waals surface area (Å²) in [4.78, 5) is 14.8. The van der Waals surface area contributed by atoms with Gasteiger partial charge in [-0.05, 0) is 12.1 Å². The fourth-order valence-electron chi connectivity index (χ4n) is 1.77. The standard InChI is InChI=1S/C12H13N3O4S/c1-18-10-4-7(3-8-6-20-12(13)14-8)9(15(16)17)5-11(10)19-2/h3-5H,6H2,1-2H3,(H2,13,14). The van der Waals surface area contributed by atoms with Gasteiger partial charge in [-0.15, -0.1) is 0 Å². The molecule has 0 saturated heterocycles. The number of methoxy groups -OCH3 is 2. The van der Waals surface area contributed by atoms with E-state index < -0.39 is 4.92 Å². The summed E-state index contributed by atoms with van der Waals surface area (Å²) in [5.41, 5.74) is 6.59. The molecular formula is C12H13N3O4S. The zero-order valence-electron chi connectivity index (χ0n) is 11.0. The fraction of sp³-hybridized carbons (Fsp3) is 0.250. The Hall–Kier alpha value is -2.22. The number of thioether (sulfide) groups is 1. The van der Waals surface area contributed by atoms with Crippen LogP contribution in [0.1, 0.15) is 5.56 Å². The maximum absolute atomic E-state index is 11.1. The minimum Gasteiger partial charge on any atom is -0.493 e. The number of hydrogen-bond acceptors (Lipinski definition) is 7. The molecule has 106 valence electrons. The molecule has 0 radical (unpaired) electrons. The first-order valence-corrected chi connectivity index (χ1v) is 6.61. The predicted octanol–water partition coefficient (Wildman–Crippen LogP) is 2.01. The van der Waals surface area contributed by atoms with E-state index in [1.165, 1.54) is 32.0 Å². The van der Waals surface area contributed by atoms with Crippen LogP contribution in [0.4, 0.5) is 5.69 Å². The molecule has 2 N–H and O–H groups in total. The molecule has 1 aromatic rings. The van der Waals surface area contributed by atoms with Gasteiger partial charge in [0.1, 0.15) is 0 Å². The summed E-state index contributed by atoms with van der Waals surface area (Å²) in [6.07, 6.45) is 1.63. The lowest BCUT2D eigenvalue weighted by molar-refractivity contribution is -0.385. The third kappa shape index (κ3) is 2.85. The first-order valence-electron chi connectivity index (χ1n) is 5.63. The second kappa shape index (κ2) is 5.83. The summed E-state index contributed by atoms with van der Waals surface area (Å²) in [5.74, 6) is 1.33. The second-order valence-electron chi connectivity index (χ2n) is 3.90. The number of nitro benzene ring substituents is 1. The molecule has 1 aliphatic rings. The summed E-state index contributed by atoms with van der Waals surface area (Å²) in [6.45, 7) is 0. The van der Waals surface area contributed by atoms with E-state index in [0.29, 0.717) is 33.7 Å². The Morgan fingerprint density at radius 2 is 2.05 bits per heavy atom. The van der Waals surface area contributed by atoms with Crippen molar-refractivity contribution < 1.29 is 14.4 Å². The number of rotatable bonds is 4. The molecule has 0 bridgehead atoms. The van der Waals surface area contributed by atoms with E-state index in [1.54, 1.807) is 12.1 Å². The van der Waals surface area contributed by atoms with Crippen molar-refractivity contribution in [1.29, 1.82) is 0 Å². The van der Waals surface area contributed by atoms with Gasteiger partial charge >= 0.3 is 0 Å². The number of nitro groups is 1. The number of nitrogens with two attached hydrogens (primary N) is 1. The van der Waals surface area contributed by atoms with Gasteiger partial charge in [-0.25, -0.2) is 4.99 Å². The van der Waals surface area contributed by atoms with Gasteiger partial charge in [0, 0.05) is 5.75 Å². The first-order chi connectivity index (χ1) is 9.55. The van der Waals surface area contributed by atoms with Gasteiger partial charge in [0.05, 0.1) is 36.5 Å². The molecule has 0 saturated carbocycles. The van der Waals surface area contributed by atoms with Crippen molar-refractivity contribution in [3.63, 3.8) is 0 Å². The van der Waals surface area contributed by atoms with Crippen molar-refractivity contribution in [2.24, 2.45) is 10.7 Å². The number of aliphatic imine (C=N–C) groups is 1. The molecule has 1 aliphatic heterocycles. The van der Waals surface area contributed by atoms with Crippen LogP contribution in [0.5, 0.6) is 11.5 Å². The van der Waals surface area contributed by atoms with E-state index in [0.717, 1.165) is 0 Å². The highest BCUT2D eigenvalue weighted by Gasteiger charge is 2.19. The van der Waals surface area contributed by atoms with E-state index in [4.69, 9.17) is 15.2 Å². The van der Waals surface area contributed by atoms with Crippen LogP contribution in [0.2, 0.25) is 0 Å².